The zero-order chi connectivity index (χ0) is 13.6. The summed E-state index contributed by atoms with van der Waals surface area (Å²) in [6.45, 7) is 3.72. The molecule has 0 saturated carbocycles. The van der Waals surface area contributed by atoms with Gasteiger partial charge in [0.15, 0.2) is 0 Å². The van der Waals surface area contributed by atoms with E-state index in [0.717, 1.165) is 4.90 Å². The van der Waals surface area contributed by atoms with E-state index in [1.54, 1.807) is 13.8 Å². The SMILES string of the molecule is CCN(CC)C(=O)CN(C)C(CN)C(F)(F)F. The van der Waals surface area contributed by atoms with E-state index in [4.69, 9.17) is 5.73 Å². The number of alkyl halides is 3. The predicted octanol–water partition coefficient (Wildman–Crippen LogP) is 0.676. The van der Waals surface area contributed by atoms with Crippen LogP contribution in [0, 0.1) is 0 Å². The van der Waals surface area contributed by atoms with Gasteiger partial charge < -0.3 is 10.6 Å². The smallest absolute Gasteiger partial charge is 0.342 e. The molecule has 0 fully saturated rings. The van der Waals surface area contributed by atoms with Gasteiger partial charge in [0.2, 0.25) is 5.91 Å². The lowest BCUT2D eigenvalue weighted by Crippen LogP contribution is -2.51. The summed E-state index contributed by atoms with van der Waals surface area (Å²) in [5, 5.41) is 0. The molecule has 0 bridgehead atoms. The summed E-state index contributed by atoms with van der Waals surface area (Å²) in [7, 11) is 1.26. The number of nitrogens with two attached hydrogens (primary N) is 1. The predicted molar refractivity (Wildman–Crippen MR) is 59.5 cm³/mol. The fourth-order valence-electron chi connectivity index (χ4n) is 1.56. The highest BCUT2D eigenvalue weighted by Crippen LogP contribution is 2.23. The molecule has 0 rings (SSSR count). The number of likely N-dealkylation sites (N-methyl/N-ethyl adjacent to an activating group) is 2. The molecule has 0 aromatic heterocycles. The molecule has 0 saturated heterocycles. The summed E-state index contributed by atoms with van der Waals surface area (Å²) in [6.07, 6.45) is -4.41. The number of hydrogen-bond donors (Lipinski definition) is 1. The summed E-state index contributed by atoms with van der Waals surface area (Å²) >= 11 is 0. The van der Waals surface area contributed by atoms with Gasteiger partial charge in [-0.3, -0.25) is 9.69 Å². The van der Waals surface area contributed by atoms with Crippen molar-refractivity contribution in [2.75, 3.05) is 33.2 Å². The van der Waals surface area contributed by atoms with Crippen molar-refractivity contribution in [2.45, 2.75) is 26.1 Å². The van der Waals surface area contributed by atoms with E-state index >= 15 is 0 Å². The Morgan fingerprint density at radius 3 is 2.06 bits per heavy atom. The van der Waals surface area contributed by atoms with Crippen LogP contribution < -0.4 is 5.73 Å². The van der Waals surface area contributed by atoms with Gasteiger partial charge in [-0.05, 0) is 20.9 Å². The Bertz CT molecular complexity index is 241. The Kier molecular flexibility index (Phi) is 6.48. The third-order valence-electron chi connectivity index (χ3n) is 2.63. The lowest BCUT2D eigenvalue weighted by atomic mass is 10.2. The minimum Gasteiger partial charge on any atom is -0.342 e. The maximum absolute atomic E-state index is 12.5. The standard InChI is InChI=1S/C10H20F3N3O/c1-4-16(5-2)9(17)7-15(3)8(6-14)10(11,12)13/h8H,4-7,14H2,1-3H3. The topological polar surface area (TPSA) is 49.6 Å². The first-order valence-corrected chi connectivity index (χ1v) is 5.52. The first-order chi connectivity index (χ1) is 7.77. The van der Waals surface area contributed by atoms with Gasteiger partial charge in [-0.1, -0.05) is 0 Å². The zero-order valence-corrected chi connectivity index (χ0v) is 10.4. The highest BCUT2D eigenvalue weighted by molar-refractivity contribution is 5.78. The van der Waals surface area contributed by atoms with Gasteiger partial charge >= 0.3 is 6.18 Å². The number of carbonyl (C=O) groups excluding carboxylic acids is 1. The van der Waals surface area contributed by atoms with E-state index in [1.807, 2.05) is 0 Å². The molecule has 0 spiro atoms. The molecule has 17 heavy (non-hydrogen) atoms. The normalized spacial score (nSPS) is 13.9. The second-order valence-electron chi connectivity index (χ2n) is 3.77. The number of halogens is 3. The minimum absolute atomic E-state index is 0.275. The van der Waals surface area contributed by atoms with E-state index in [9.17, 15) is 18.0 Å². The van der Waals surface area contributed by atoms with Crippen LogP contribution in [0.2, 0.25) is 0 Å². The molecular formula is C10H20F3N3O. The Morgan fingerprint density at radius 1 is 1.29 bits per heavy atom. The zero-order valence-electron chi connectivity index (χ0n) is 10.4. The lowest BCUT2D eigenvalue weighted by molar-refractivity contribution is -0.179. The molecule has 1 unspecified atom stereocenters. The number of rotatable bonds is 6. The molecule has 1 amide bonds. The maximum Gasteiger partial charge on any atom is 0.405 e. The Balaban J connectivity index is 4.51. The van der Waals surface area contributed by atoms with Crippen LogP contribution in [0.4, 0.5) is 13.2 Å². The second kappa shape index (κ2) is 6.80. The molecule has 4 nitrogen and oxygen atoms in total. The van der Waals surface area contributed by atoms with E-state index in [1.165, 1.54) is 11.9 Å². The first-order valence-electron chi connectivity index (χ1n) is 5.52. The van der Waals surface area contributed by atoms with Crippen LogP contribution in [0.3, 0.4) is 0 Å². The molecule has 0 aromatic rings. The summed E-state index contributed by atoms with van der Waals surface area (Å²) in [5.41, 5.74) is 5.09. The van der Waals surface area contributed by atoms with E-state index < -0.39 is 18.8 Å². The van der Waals surface area contributed by atoms with Gasteiger partial charge in [0.1, 0.15) is 6.04 Å². The average Bonchev–Trinajstić information content (AvgIpc) is 2.17. The summed E-state index contributed by atoms with van der Waals surface area (Å²) in [6, 6.07) is -1.78. The summed E-state index contributed by atoms with van der Waals surface area (Å²) in [4.78, 5) is 14.1. The molecule has 0 aliphatic heterocycles. The molecule has 0 aliphatic carbocycles. The van der Waals surface area contributed by atoms with Crippen LogP contribution in [0.5, 0.6) is 0 Å². The lowest BCUT2D eigenvalue weighted by Gasteiger charge is -2.30. The van der Waals surface area contributed by atoms with Crippen molar-refractivity contribution < 1.29 is 18.0 Å². The molecule has 0 aliphatic rings. The number of nitrogens with zero attached hydrogens (tertiary/aromatic N) is 2. The van der Waals surface area contributed by atoms with Crippen molar-refractivity contribution in [2.24, 2.45) is 5.73 Å². The third-order valence-corrected chi connectivity index (χ3v) is 2.63. The fraction of sp³-hybridized carbons (Fsp3) is 0.900. The molecule has 1 atom stereocenters. The van der Waals surface area contributed by atoms with Crippen molar-refractivity contribution in [3.63, 3.8) is 0 Å². The monoisotopic (exact) mass is 255 g/mol. The van der Waals surface area contributed by atoms with Gasteiger partial charge in [-0.25, -0.2) is 0 Å². The van der Waals surface area contributed by atoms with Crippen LogP contribution in [0.1, 0.15) is 13.8 Å². The van der Waals surface area contributed by atoms with Crippen LogP contribution >= 0.6 is 0 Å². The van der Waals surface area contributed by atoms with Gasteiger partial charge in [0, 0.05) is 19.6 Å². The van der Waals surface area contributed by atoms with Crippen LogP contribution in [0.15, 0.2) is 0 Å². The molecule has 0 radical (unpaired) electrons. The highest BCUT2D eigenvalue weighted by atomic mass is 19.4. The Labute approximate surface area is 99.5 Å². The number of amides is 1. The Morgan fingerprint density at radius 2 is 1.76 bits per heavy atom. The molecule has 0 aromatic carbocycles. The number of hydrogen-bond acceptors (Lipinski definition) is 3. The van der Waals surface area contributed by atoms with Crippen LogP contribution in [-0.4, -0.2) is 61.2 Å². The van der Waals surface area contributed by atoms with Crippen molar-refractivity contribution in [3.05, 3.63) is 0 Å². The van der Waals surface area contributed by atoms with Crippen molar-refractivity contribution in [1.82, 2.24) is 9.80 Å². The van der Waals surface area contributed by atoms with Gasteiger partial charge in [-0.15, -0.1) is 0 Å². The molecular weight excluding hydrogens is 235 g/mol. The van der Waals surface area contributed by atoms with Crippen LogP contribution in [0.25, 0.3) is 0 Å². The molecule has 7 heteroatoms. The quantitative estimate of drug-likeness (QED) is 0.759. The maximum atomic E-state index is 12.5. The molecule has 0 heterocycles. The van der Waals surface area contributed by atoms with Crippen molar-refractivity contribution >= 4 is 5.91 Å². The van der Waals surface area contributed by atoms with Crippen molar-refractivity contribution in [3.8, 4) is 0 Å². The second-order valence-corrected chi connectivity index (χ2v) is 3.77. The fourth-order valence-corrected chi connectivity index (χ4v) is 1.56. The Hall–Kier alpha value is -0.820. The van der Waals surface area contributed by atoms with Crippen molar-refractivity contribution in [1.29, 1.82) is 0 Å². The van der Waals surface area contributed by atoms with E-state index in [0.29, 0.717) is 13.1 Å². The molecule has 102 valence electrons. The number of carbonyl (C=O) groups is 1. The third kappa shape index (κ3) is 4.91. The first kappa shape index (κ1) is 16.2. The van der Waals surface area contributed by atoms with Gasteiger partial charge in [-0.2, -0.15) is 13.2 Å². The molecule has 2 N–H and O–H groups in total. The van der Waals surface area contributed by atoms with Crippen LogP contribution in [-0.2, 0) is 4.79 Å². The summed E-state index contributed by atoms with van der Waals surface area (Å²) < 4.78 is 37.6. The largest absolute Gasteiger partial charge is 0.405 e. The van der Waals surface area contributed by atoms with E-state index in [2.05, 4.69) is 0 Å². The van der Waals surface area contributed by atoms with Gasteiger partial charge in [0.05, 0.1) is 6.54 Å². The summed E-state index contributed by atoms with van der Waals surface area (Å²) in [5.74, 6) is -0.319. The van der Waals surface area contributed by atoms with E-state index in [-0.39, 0.29) is 12.5 Å². The highest BCUT2D eigenvalue weighted by Gasteiger charge is 2.41. The average molecular weight is 255 g/mol. The minimum atomic E-state index is -4.41. The van der Waals surface area contributed by atoms with Gasteiger partial charge in [0.25, 0.3) is 0 Å².